The molecular formula is C70H82Cl2N12O14. The Hall–Kier alpha value is -9.50. The van der Waals surface area contributed by atoms with Crippen LogP contribution in [0.15, 0.2) is 122 Å². The number of hydrogen-bond acceptors (Lipinski definition) is 22. The van der Waals surface area contributed by atoms with E-state index in [-0.39, 0.29) is 51.0 Å². The molecule has 2 aliphatic carbocycles. The highest BCUT2D eigenvalue weighted by atomic mass is 35.5. The van der Waals surface area contributed by atoms with E-state index < -0.39 is 101 Å². The average molecular weight is 1390 g/mol. The highest BCUT2D eigenvalue weighted by Crippen LogP contribution is 2.52. The number of aliphatic hydroxyl groups is 2. The minimum absolute atomic E-state index is 0.0232. The number of amides is 4. The van der Waals surface area contributed by atoms with E-state index in [1.54, 1.807) is 163 Å². The number of carbonyl (C=O) groups is 4. The number of carbonyl (C=O) groups excluding carboxylic acids is 4. The molecule has 4 aromatic heterocycles. The predicted octanol–water partition coefficient (Wildman–Crippen LogP) is 13.4. The van der Waals surface area contributed by atoms with Crippen LogP contribution in [0.5, 0.6) is 23.0 Å². The van der Waals surface area contributed by atoms with Crippen molar-refractivity contribution < 1.29 is 67.3 Å². The minimum atomic E-state index is -3.00. The van der Waals surface area contributed by atoms with E-state index in [9.17, 15) is 14.7 Å². The fourth-order valence-corrected chi connectivity index (χ4v) is 12.3. The molecule has 3 N–H and O–H groups in total. The number of methoxy groups -OCH3 is 4. The summed E-state index contributed by atoms with van der Waals surface area (Å²) < 4.78 is 49.2. The predicted molar refractivity (Wildman–Crippen MR) is 366 cm³/mol. The number of anilines is 2. The van der Waals surface area contributed by atoms with Crippen LogP contribution in [0, 0.1) is 0 Å². The SMILES string of the molecule is COc1ccc(C(Nc2nc(Cl)nc3c2ncn3[C@@H]2C[C@H](N(C(=O)OC(C)(C)C)C(=O)OC(C)(C)C)[C@@](O)(N(c3nc(Cl)nc4c3ncn4C3C=C[C@@H](N(C(=O)OC(C)(C)C)C(=O)OC(C)(C)C)C3)C(c3ccc(OC)cc3)c3ccc(OC)cc3)[C@H]2O)c2ccc(OC)cc2)cc1. The Morgan fingerprint density at radius 3 is 1.35 bits per heavy atom. The highest BCUT2D eigenvalue weighted by Gasteiger charge is 2.65. The largest absolute Gasteiger partial charge is 0.497 e. The molecule has 2 aliphatic rings. The molecule has 0 spiro atoms. The van der Waals surface area contributed by atoms with E-state index in [4.69, 9.17) is 86.0 Å². The Bertz CT molecular complexity index is 4090. The molecule has 26 nitrogen and oxygen atoms in total. The molecule has 0 saturated heterocycles. The molecule has 10 rings (SSSR count). The summed E-state index contributed by atoms with van der Waals surface area (Å²) >= 11 is 14.2. The molecule has 4 aromatic carbocycles. The number of aromatic nitrogens is 8. The third kappa shape index (κ3) is 15.3. The molecule has 520 valence electrons. The van der Waals surface area contributed by atoms with Crippen molar-refractivity contribution in [1.82, 2.24) is 48.8 Å². The number of ether oxygens (including phenoxy) is 8. The van der Waals surface area contributed by atoms with Gasteiger partial charge in [0.05, 0.1) is 77.3 Å². The van der Waals surface area contributed by atoms with Crippen molar-refractivity contribution in [3.8, 4) is 23.0 Å². The molecule has 4 heterocycles. The summed E-state index contributed by atoms with van der Waals surface area (Å²) in [6, 6.07) is 21.8. The normalized spacial score (nSPS) is 18.8. The third-order valence-electron chi connectivity index (χ3n) is 16.2. The number of nitrogens with zero attached hydrogens (tertiary/aromatic N) is 11. The second kappa shape index (κ2) is 27.8. The molecule has 1 saturated carbocycles. The zero-order valence-electron chi connectivity index (χ0n) is 57.5. The lowest BCUT2D eigenvalue weighted by Gasteiger charge is -2.49. The van der Waals surface area contributed by atoms with Gasteiger partial charge in [-0.3, -0.25) is 0 Å². The van der Waals surface area contributed by atoms with E-state index in [0.29, 0.717) is 39.0 Å². The van der Waals surface area contributed by atoms with Gasteiger partial charge in [-0.25, -0.2) is 38.9 Å². The molecule has 0 bridgehead atoms. The Kier molecular flexibility index (Phi) is 20.2. The topological polar surface area (TPSA) is 292 Å². The number of fused-ring (bicyclic) bond motifs is 2. The first-order chi connectivity index (χ1) is 46.1. The Morgan fingerprint density at radius 2 is 0.918 bits per heavy atom. The van der Waals surface area contributed by atoms with Crippen molar-refractivity contribution in [2.45, 2.75) is 166 Å². The van der Waals surface area contributed by atoms with Crippen molar-refractivity contribution >= 4 is 81.5 Å². The highest BCUT2D eigenvalue weighted by molar-refractivity contribution is 6.29. The summed E-state index contributed by atoms with van der Waals surface area (Å²) in [4.78, 5) is 90.8. The second-order valence-corrected chi connectivity index (χ2v) is 28.4. The van der Waals surface area contributed by atoms with E-state index >= 15 is 14.7 Å². The van der Waals surface area contributed by atoms with Crippen molar-refractivity contribution in [1.29, 1.82) is 0 Å². The van der Waals surface area contributed by atoms with Gasteiger partial charge >= 0.3 is 24.4 Å². The number of imide groups is 2. The van der Waals surface area contributed by atoms with Crippen molar-refractivity contribution in [3.63, 3.8) is 0 Å². The zero-order chi connectivity index (χ0) is 71.1. The van der Waals surface area contributed by atoms with Gasteiger partial charge < -0.3 is 67.5 Å². The first-order valence-corrected chi connectivity index (χ1v) is 32.4. The number of allylic oxidation sites excluding steroid dienone is 1. The van der Waals surface area contributed by atoms with Crippen molar-refractivity contribution in [2.75, 3.05) is 38.7 Å². The maximum Gasteiger partial charge on any atom is 0.420 e. The first kappa shape index (κ1) is 71.3. The van der Waals surface area contributed by atoms with Crippen LogP contribution in [-0.2, 0) is 18.9 Å². The summed E-state index contributed by atoms with van der Waals surface area (Å²) in [6.45, 7) is 19.7. The number of benzene rings is 4. The number of imidazole rings is 2. The van der Waals surface area contributed by atoms with Crippen LogP contribution < -0.4 is 29.2 Å². The van der Waals surface area contributed by atoms with E-state index in [1.807, 2.05) is 48.5 Å². The number of halogens is 2. The van der Waals surface area contributed by atoms with Gasteiger partial charge in [0.2, 0.25) is 10.6 Å². The summed E-state index contributed by atoms with van der Waals surface area (Å²) in [6.07, 6.45) is -0.683. The quantitative estimate of drug-likeness (QED) is 0.0330. The molecule has 0 aliphatic heterocycles. The van der Waals surface area contributed by atoms with E-state index in [2.05, 4.69) is 10.3 Å². The van der Waals surface area contributed by atoms with Crippen LogP contribution in [0.25, 0.3) is 22.3 Å². The summed E-state index contributed by atoms with van der Waals surface area (Å²) in [5.41, 5.74) is -4.80. The van der Waals surface area contributed by atoms with E-state index in [0.717, 1.165) is 16.0 Å². The summed E-state index contributed by atoms with van der Waals surface area (Å²) in [5, 5.41) is 32.1. The van der Waals surface area contributed by atoms with Crippen LogP contribution in [0.2, 0.25) is 10.6 Å². The molecule has 4 amide bonds. The number of rotatable bonds is 17. The molecule has 28 heteroatoms. The molecular weight excluding hydrogens is 1300 g/mol. The first-order valence-electron chi connectivity index (χ1n) is 31.6. The lowest BCUT2D eigenvalue weighted by molar-refractivity contribution is -0.105. The lowest BCUT2D eigenvalue weighted by atomic mass is 9.91. The zero-order valence-corrected chi connectivity index (χ0v) is 59.0. The Balaban J connectivity index is 1.22. The average Bonchev–Trinajstić information content (AvgIpc) is 1.50. The standard InChI is InChI=1S/C70H82Cl2N12O14/c1-66(2,3)95-62(86)82(63(87)96-67(4,5)6)44-26-25-43(35-44)80-37-74-53-58(80)78-61(72)79-59(53)84(54(41-21-31-47(93-15)32-22-41)42-23-33-48(94-16)34-24-42)70(90)50(83(64(88)97-68(7,8)9)65(89)98-69(10,11)12)36-49(55(70)85)81-38-73-52-56(76-60(71)77-57(52)81)75-51(39-17-27-45(91-13)28-18-39)40-19-29-46(92-14)30-20-40/h17-34,37-38,43-44,49-51,54-55,85,90H,35-36H2,1-16H3,(H,75,76,77)/t43?,44-,49-,50+,55+,70+/m1/s1. The molecule has 0 radical (unpaired) electrons. The molecule has 8 aromatic rings. The Morgan fingerprint density at radius 1 is 0.531 bits per heavy atom. The van der Waals surface area contributed by atoms with Crippen molar-refractivity contribution in [3.05, 3.63) is 155 Å². The molecule has 98 heavy (non-hydrogen) atoms. The molecule has 6 atom stereocenters. The Labute approximate surface area is 577 Å². The van der Waals surface area contributed by atoms with Crippen LogP contribution in [-0.4, -0.2) is 158 Å². The summed E-state index contributed by atoms with van der Waals surface area (Å²) in [5.74, 6) is 2.11. The van der Waals surface area contributed by atoms with Crippen LogP contribution in [0.4, 0.5) is 30.8 Å². The maximum absolute atomic E-state index is 15.4. The molecule has 1 unspecified atom stereocenters. The van der Waals surface area contributed by atoms with Gasteiger partial charge in [-0.05, 0) is 190 Å². The van der Waals surface area contributed by atoms with Gasteiger partial charge in [0, 0.05) is 0 Å². The van der Waals surface area contributed by atoms with Gasteiger partial charge in [-0.2, -0.15) is 19.9 Å². The van der Waals surface area contributed by atoms with Crippen LogP contribution in [0.1, 0.15) is 142 Å². The van der Waals surface area contributed by atoms with Crippen molar-refractivity contribution in [2.24, 2.45) is 0 Å². The maximum atomic E-state index is 15.4. The van der Waals surface area contributed by atoms with Crippen LogP contribution >= 0.6 is 23.2 Å². The number of nitrogens with one attached hydrogen (secondary N) is 1. The van der Waals surface area contributed by atoms with Gasteiger partial charge in [0.1, 0.15) is 51.5 Å². The third-order valence-corrected chi connectivity index (χ3v) is 16.5. The number of hydrogen-bond donors (Lipinski definition) is 3. The number of aliphatic hydroxyl groups excluding tert-OH is 1. The van der Waals surface area contributed by atoms with Gasteiger partial charge in [0.15, 0.2) is 39.7 Å². The monoisotopic (exact) mass is 1380 g/mol. The van der Waals surface area contributed by atoms with Gasteiger partial charge in [0.25, 0.3) is 0 Å². The van der Waals surface area contributed by atoms with Gasteiger partial charge in [-0.15, -0.1) is 0 Å². The minimum Gasteiger partial charge on any atom is -0.497 e. The fraction of sp³-hybridized carbons (Fsp3) is 0.429. The smallest absolute Gasteiger partial charge is 0.420 e. The van der Waals surface area contributed by atoms with Crippen LogP contribution in [0.3, 0.4) is 0 Å². The van der Waals surface area contributed by atoms with E-state index in [1.165, 1.54) is 36.3 Å². The second-order valence-electron chi connectivity index (χ2n) is 27.7. The molecule has 1 fully saturated rings. The lowest BCUT2D eigenvalue weighted by Crippen LogP contribution is -2.68. The fourth-order valence-electron chi connectivity index (χ4n) is 12.0. The summed E-state index contributed by atoms with van der Waals surface area (Å²) in [7, 11) is 6.16. The van der Waals surface area contributed by atoms with Gasteiger partial charge in [-0.1, -0.05) is 60.7 Å².